The van der Waals surface area contributed by atoms with Gasteiger partial charge in [0.1, 0.15) is 0 Å². The van der Waals surface area contributed by atoms with E-state index >= 15 is 0 Å². The number of hydrogen-bond acceptors (Lipinski definition) is 3. The van der Waals surface area contributed by atoms with Crippen molar-refractivity contribution in [3.05, 3.63) is 141 Å². The van der Waals surface area contributed by atoms with Crippen LogP contribution in [0.15, 0.2) is 109 Å². The average molecular weight is 726 g/mol. The van der Waals surface area contributed by atoms with Gasteiger partial charge in [-0.1, -0.05) is 149 Å². The third-order valence-corrected chi connectivity index (χ3v) is 13.4. The van der Waals surface area contributed by atoms with E-state index < -0.39 is 11.2 Å². The van der Waals surface area contributed by atoms with Gasteiger partial charge >= 0.3 is 0 Å². The molecule has 0 spiro atoms. The summed E-state index contributed by atoms with van der Waals surface area (Å²) in [5.74, 6) is 0.581. The predicted octanol–water partition coefficient (Wildman–Crippen LogP) is 12.0. The van der Waals surface area contributed by atoms with E-state index in [1.807, 2.05) is 0 Å². The quantitative estimate of drug-likeness (QED) is 0.129. The van der Waals surface area contributed by atoms with Crippen LogP contribution < -0.4 is 0 Å². The van der Waals surface area contributed by atoms with Crippen LogP contribution in [0.1, 0.15) is 101 Å². The van der Waals surface area contributed by atoms with Crippen molar-refractivity contribution in [1.82, 2.24) is 9.80 Å². The lowest BCUT2D eigenvalue weighted by atomic mass is 9.61. The van der Waals surface area contributed by atoms with Crippen molar-refractivity contribution < 1.29 is 4.74 Å². The van der Waals surface area contributed by atoms with Gasteiger partial charge in [-0.3, -0.25) is 9.80 Å². The Bertz CT molecular complexity index is 1570. The van der Waals surface area contributed by atoms with Gasteiger partial charge in [0.25, 0.3) is 0 Å². The van der Waals surface area contributed by atoms with Crippen LogP contribution in [0.25, 0.3) is 0 Å². The number of benzene rings is 4. The lowest BCUT2D eigenvalue weighted by molar-refractivity contribution is -0.241. The van der Waals surface area contributed by atoms with Crippen molar-refractivity contribution in [3.63, 3.8) is 0 Å². The first kappa shape index (κ1) is 38.1. The molecule has 0 saturated carbocycles. The number of ether oxygens (including phenoxy) is 1. The SMILES string of the molecule is CCCC(C)(OC(C)(CCC)[C@@]1(C)CN(Cc2ccccc2)C[C@H]1c1ccc(Cl)cc1)[C@@]1(C)CN(Cc2ccccc2)C[C@H]1c1ccc(Cl)cc1. The van der Waals surface area contributed by atoms with Gasteiger partial charge in [-0.05, 0) is 73.2 Å². The van der Waals surface area contributed by atoms with Crippen LogP contribution in [0.5, 0.6) is 0 Å². The molecule has 0 aromatic heterocycles. The first-order valence-electron chi connectivity index (χ1n) is 19.2. The van der Waals surface area contributed by atoms with Crippen molar-refractivity contribution in [3.8, 4) is 0 Å². The fraction of sp³-hybridized carbons (Fsp3) is 0.478. The Balaban J connectivity index is 1.41. The summed E-state index contributed by atoms with van der Waals surface area (Å²) in [5, 5.41) is 1.57. The first-order chi connectivity index (χ1) is 24.4. The van der Waals surface area contributed by atoms with E-state index in [2.05, 4.69) is 161 Å². The highest BCUT2D eigenvalue weighted by atomic mass is 35.5. The van der Waals surface area contributed by atoms with Crippen LogP contribution >= 0.6 is 23.2 Å². The highest BCUT2D eigenvalue weighted by Gasteiger charge is 2.62. The number of nitrogens with zero attached hydrogens (tertiary/aromatic N) is 2. The average Bonchev–Trinajstić information content (AvgIpc) is 3.64. The van der Waals surface area contributed by atoms with E-state index in [-0.39, 0.29) is 10.8 Å². The normalized spacial score (nSPS) is 26.6. The molecule has 5 heteroatoms. The third kappa shape index (κ3) is 7.85. The van der Waals surface area contributed by atoms with Crippen LogP contribution in [0.2, 0.25) is 10.0 Å². The lowest BCUT2D eigenvalue weighted by Gasteiger charge is -2.57. The van der Waals surface area contributed by atoms with E-state index in [4.69, 9.17) is 27.9 Å². The van der Waals surface area contributed by atoms with E-state index in [0.29, 0.717) is 11.8 Å². The van der Waals surface area contributed by atoms with Crippen molar-refractivity contribution in [2.45, 2.75) is 103 Å². The number of hydrogen-bond donors (Lipinski definition) is 0. The minimum Gasteiger partial charge on any atom is -0.368 e. The zero-order chi connectivity index (χ0) is 36.3. The van der Waals surface area contributed by atoms with E-state index in [1.54, 1.807) is 0 Å². The Labute approximate surface area is 318 Å². The Morgan fingerprint density at radius 3 is 1.27 bits per heavy atom. The van der Waals surface area contributed by atoms with Crippen molar-refractivity contribution in [1.29, 1.82) is 0 Å². The zero-order valence-electron chi connectivity index (χ0n) is 31.7. The Kier molecular flexibility index (Phi) is 11.8. The van der Waals surface area contributed by atoms with Gasteiger partial charge < -0.3 is 4.74 Å². The van der Waals surface area contributed by atoms with Crippen LogP contribution in [-0.2, 0) is 17.8 Å². The van der Waals surface area contributed by atoms with Crippen LogP contribution in [-0.4, -0.2) is 47.2 Å². The molecule has 51 heavy (non-hydrogen) atoms. The maximum Gasteiger partial charge on any atom is 0.0734 e. The second-order valence-corrected chi connectivity index (χ2v) is 17.3. The Hall–Kier alpha value is -2.66. The van der Waals surface area contributed by atoms with E-state index in [9.17, 15) is 0 Å². The number of halogens is 2. The van der Waals surface area contributed by atoms with Crippen LogP contribution in [0, 0.1) is 10.8 Å². The largest absolute Gasteiger partial charge is 0.368 e. The fourth-order valence-corrected chi connectivity index (χ4v) is 10.1. The molecule has 0 amide bonds. The summed E-state index contributed by atoms with van der Waals surface area (Å²) in [6.45, 7) is 20.4. The van der Waals surface area contributed by atoms with E-state index in [1.165, 1.54) is 22.3 Å². The second-order valence-electron chi connectivity index (χ2n) is 16.4. The zero-order valence-corrected chi connectivity index (χ0v) is 33.2. The molecule has 2 heterocycles. The molecule has 0 N–H and O–H groups in total. The summed E-state index contributed by atoms with van der Waals surface area (Å²) in [6, 6.07) is 39.1. The molecule has 2 aliphatic heterocycles. The summed E-state index contributed by atoms with van der Waals surface area (Å²) in [5.41, 5.74) is 4.29. The minimum atomic E-state index is -0.401. The molecule has 0 radical (unpaired) electrons. The van der Waals surface area contributed by atoms with Crippen molar-refractivity contribution >= 4 is 23.2 Å². The molecule has 4 aromatic carbocycles. The predicted molar refractivity (Wildman–Crippen MR) is 216 cm³/mol. The van der Waals surface area contributed by atoms with Gasteiger partial charge in [0.15, 0.2) is 0 Å². The molecule has 0 bridgehead atoms. The molecular weight excluding hydrogens is 667 g/mol. The van der Waals surface area contributed by atoms with Crippen molar-refractivity contribution in [2.75, 3.05) is 26.2 Å². The molecule has 6 rings (SSSR count). The first-order valence-corrected chi connectivity index (χ1v) is 19.9. The molecule has 3 nitrogen and oxygen atoms in total. The van der Waals surface area contributed by atoms with Gasteiger partial charge in [-0.2, -0.15) is 0 Å². The van der Waals surface area contributed by atoms with Gasteiger partial charge in [-0.15, -0.1) is 0 Å². The minimum absolute atomic E-state index is 0.158. The standard InChI is InChI=1S/C46H58Cl2N2O/c1-7-27-45(5,43(3)33-49(29-35-15-11-9-12-16-35)31-41(43)37-19-23-39(47)24-20-37)51-46(6,28-8-2)44(4)34-50(30-36-17-13-10-14-18-36)32-42(44)38-21-25-40(48)26-22-38/h9-26,41-42H,7-8,27-34H2,1-6H3/t41-,42-,43-,44-,45?,46?/m0/s1. The highest BCUT2D eigenvalue weighted by molar-refractivity contribution is 6.30. The second kappa shape index (κ2) is 15.7. The van der Waals surface area contributed by atoms with Gasteiger partial charge in [0.05, 0.1) is 11.2 Å². The summed E-state index contributed by atoms with van der Waals surface area (Å²) >= 11 is 12.9. The van der Waals surface area contributed by atoms with Crippen molar-refractivity contribution in [2.24, 2.45) is 10.8 Å². The maximum atomic E-state index is 8.12. The third-order valence-electron chi connectivity index (χ3n) is 12.9. The number of rotatable bonds is 14. The van der Waals surface area contributed by atoms with Gasteiger partial charge in [0.2, 0.25) is 0 Å². The van der Waals surface area contributed by atoms with Crippen LogP contribution in [0.4, 0.5) is 0 Å². The smallest absolute Gasteiger partial charge is 0.0734 e. The summed E-state index contributed by atoms with van der Waals surface area (Å²) in [6.07, 6.45) is 4.08. The topological polar surface area (TPSA) is 15.7 Å². The van der Waals surface area contributed by atoms with Crippen LogP contribution in [0.3, 0.4) is 0 Å². The molecule has 4 aromatic rings. The summed E-state index contributed by atoms with van der Waals surface area (Å²) in [7, 11) is 0. The molecule has 272 valence electrons. The highest BCUT2D eigenvalue weighted by Crippen LogP contribution is 2.59. The molecule has 2 unspecified atom stereocenters. The van der Waals surface area contributed by atoms with Gasteiger partial charge in [0, 0.05) is 72.0 Å². The Morgan fingerprint density at radius 2 is 0.941 bits per heavy atom. The molecule has 2 saturated heterocycles. The molecule has 0 aliphatic carbocycles. The Morgan fingerprint density at radius 1 is 0.588 bits per heavy atom. The molecule has 2 aliphatic rings. The lowest BCUT2D eigenvalue weighted by Crippen LogP contribution is -2.60. The summed E-state index contributed by atoms with van der Waals surface area (Å²) in [4.78, 5) is 5.33. The molecule has 6 atom stereocenters. The van der Waals surface area contributed by atoms with E-state index in [0.717, 1.165) is 75.0 Å². The molecule has 2 fully saturated rings. The summed E-state index contributed by atoms with van der Waals surface area (Å²) < 4.78 is 8.12. The number of likely N-dealkylation sites (tertiary alicyclic amines) is 2. The maximum absolute atomic E-state index is 8.12. The van der Waals surface area contributed by atoms with Gasteiger partial charge in [-0.25, -0.2) is 0 Å². The fourth-order valence-electron chi connectivity index (χ4n) is 9.89. The molecular formula is C46H58Cl2N2O. The monoisotopic (exact) mass is 724 g/mol.